The van der Waals surface area contributed by atoms with Crippen LogP contribution in [0.3, 0.4) is 0 Å². The molecule has 1 aromatic heterocycles. The van der Waals surface area contributed by atoms with E-state index in [1.165, 1.54) is 17.3 Å². The number of amides is 1. The fourth-order valence-corrected chi connectivity index (χ4v) is 2.96. The first kappa shape index (κ1) is 19.6. The van der Waals surface area contributed by atoms with E-state index in [9.17, 15) is 9.59 Å². The molecule has 2 aromatic carbocycles. The van der Waals surface area contributed by atoms with E-state index in [-0.39, 0.29) is 0 Å². The van der Waals surface area contributed by atoms with Gasteiger partial charge in [-0.05, 0) is 30.2 Å². The number of carbonyl (C=O) groups is 2. The van der Waals surface area contributed by atoms with Crippen LogP contribution in [0.25, 0.3) is 5.69 Å². The molecule has 0 saturated carbocycles. The zero-order valence-electron chi connectivity index (χ0n) is 15.2. The average molecular weight is 399 g/mol. The number of benzene rings is 2. The lowest BCUT2D eigenvalue weighted by atomic mass is 9.97. The van der Waals surface area contributed by atoms with Gasteiger partial charge in [0, 0.05) is 5.02 Å². The standard InChI is InChI=1S/C20H19ClN4O3/c1-2-16(14-6-4-3-5-7-14)20(27)28-11-19(26)24-17-10-15(21)8-9-18(17)25-13-22-12-23-25/h3-10,12-13,16H,2,11H2,1H3,(H,24,26)/t16-/m0/s1. The van der Waals surface area contributed by atoms with Crippen molar-refractivity contribution < 1.29 is 14.3 Å². The fourth-order valence-electron chi connectivity index (χ4n) is 2.79. The molecule has 8 heteroatoms. The van der Waals surface area contributed by atoms with Crippen molar-refractivity contribution in [2.45, 2.75) is 19.3 Å². The summed E-state index contributed by atoms with van der Waals surface area (Å²) < 4.78 is 6.73. The average Bonchev–Trinajstić information content (AvgIpc) is 3.22. The van der Waals surface area contributed by atoms with Crippen LogP contribution in [0.15, 0.2) is 61.2 Å². The van der Waals surface area contributed by atoms with Crippen LogP contribution in [0, 0.1) is 0 Å². The molecule has 0 radical (unpaired) electrons. The van der Waals surface area contributed by atoms with Crippen molar-refractivity contribution in [3.8, 4) is 5.69 Å². The molecular formula is C20H19ClN4O3. The monoisotopic (exact) mass is 398 g/mol. The van der Waals surface area contributed by atoms with Crippen LogP contribution in [-0.2, 0) is 14.3 Å². The second kappa shape index (κ2) is 9.14. The molecule has 1 atom stereocenters. The molecule has 3 aromatic rings. The number of aromatic nitrogens is 3. The van der Waals surface area contributed by atoms with E-state index >= 15 is 0 Å². The Morgan fingerprint density at radius 1 is 1.21 bits per heavy atom. The summed E-state index contributed by atoms with van der Waals surface area (Å²) in [6.07, 6.45) is 3.47. The molecule has 144 valence electrons. The summed E-state index contributed by atoms with van der Waals surface area (Å²) in [5.74, 6) is -1.32. The van der Waals surface area contributed by atoms with E-state index in [0.29, 0.717) is 22.8 Å². The Morgan fingerprint density at radius 3 is 2.68 bits per heavy atom. The fraction of sp³-hybridized carbons (Fsp3) is 0.200. The Balaban J connectivity index is 1.65. The first-order valence-electron chi connectivity index (χ1n) is 8.74. The number of hydrogen-bond acceptors (Lipinski definition) is 5. The third-order valence-corrected chi connectivity index (χ3v) is 4.37. The number of rotatable bonds is 7. The maximum absolute atomic E-state index is 12.4. The molecule has 0 spiro atoms. The Hall–Kier alpha value is -3.19. The highest BCUT2D eigenvalue weighted by molar-refractivity contribution is 6.31. The molecule has 1 N–H and O–H groups in total. The van der Waals surface area contributed by atoms with Gasteiger partial charge in [-0.3, -0.25) is 9.59 Å². The quantitative estimate of drug-likeness (QED) is 0.614. The van der Waals surface area contributed by atoms with Gasteiger partial charge >= 0.3 is 5.97 Å². The van der Waals surface area contributed by atoms with Crippen LogP contribution in [0.4, 0.5) is 5.69 Å². The van der Waals surface area contributed by atoms with E-state index < -0.39 is 24.4 Å². The van der Waals surface area contributed by atoms with Crippen LogP contribution >= 0.6 is 11.6 Å². The minimum absolute atomic E-state index is 0.397. The molecule has 0 aliphatic rings. The van der Waals surface area contributed by atoms with E-state index in [1.807, 2.05) is 37.3 Å². The molecule has 7 nitrogen and oxygen atoms in total. The van der Waals surface area contributed by atoms with E-state index in [4.69, 9.17) is 16.3 Å². The van der Waals surface area contributed by atoms with Crippen molar-refractivity contribution in [3.63, 3.8) is 0 Å². The molecule has 0 unspecified atom stereocenters. The number of carbonyl (C=O) groups excluding carboxylic acids is 2. The number of nitrogens with one attached hydrogen (secondary N) is 1. The topological polar surface area (TPSA) is 86.1 Å². The predicted octanol–water partition coefficient (Wildman–Crippen LogP) is 3.60. The van der Waals surface area contributed by atoms with E-state index in [1.54, 1.807) is 18.2 Å². The molecule has 1 amide bonds. The number of hydrogen-bond donors (Lipinski definition) is 1. The second-order valence-electron chi connectivity index (χ2n) is 6.03. The van der Waals surface area contributed by atoms with Gasteiger partial charge < -0.3 is 10.1 Å². The highest BCUT2D eigenvalue weighted by atomic mass is 35.5. The number of nitrogens with zero attached hydrogens (tertiary/aromatic N) is 3. The molecule has 0 saturated heterocycles. The van der Waals surface area contributed by atoms with E-state index in [0.717, 1.165) is 5.56 Å². The zero-order valence-corrected chi connectivity index (χ0v) is 16.0. The summed E-state index contributed by atoms with van der Waals surface area (Å²) in [7, 11) is 0. The van der Waals surface area contributed by atoms with Gasteiger partial charge in [0.25, 0.3) is 5.91 Å². The Bertz CT molecular complexity index is 945. The molecule has 3 rings (SSSR count). The van der Waals surface area contributed by atoms with Crippen molar-refractivity contribution in [2.24, 2.45) is 0 Å². The molecular weight excluding hydrogens is 380 g/mol. The smallest absolute Gasteiger partial charge is 0.313 e. The Morgan fingerprint density at radius 2 is 2.00 bits per heavy atom. The highest BCUT2D eigenvalue weighted by Crippen LogP contribution is 2.24. The lowest BCUT2D eigenvalue weighted by molar-refractivity contribution is -0.149. The van der Waals surface area contributed by atoms with Gasteiger partial charge in [-0.25, -0.2) is 9.67 Å². The van der Waals surface area contributed by atoms with Gasteiger partial charge in [0.1, 0.15) is 12.7 Å². The van der Waals surface area contributed by atoms with Crippen LogP contribution in [-0.4, -0.2) is 33.2 Å². The van der Waals surface area contributed by atoms with Gasteiger partial charge in [0.2, 0.25) is 0 Å². The maximum atomic E-state index is 12.4. The number of halogens is 1. The van der Waals surface area contributed by atoms with Gasteiger partial charge in [0.05, 0.1) is 17.3 Å². The van der Waals surface area contributed by atoms with Crippen LogP contribution in [0.5, 0.6) is 0 Å². The molecule has 28 heavy (non-hydrogen) atoms. The molecule has 0 fully saturated rings. The molecule has 0 aliphatic carbocycles. The minimum Gasteiger partial charge on any atom is -0.455 e. The molecule has 0 bridgehead atoms. The summed E-state index contributed by atoms with van der Waals surface area (Å²) >= 11 is 6.04. The summed E-state index contributed by atoms with van der Waals surface area (Å²) in [5, 5.41) is 7.20. The highest BCUT2D eigenvalue weighted by Gasteiger charge is 2.21. The van der Waals surface area contributed by atoms with Gasteiger partial charge in [-0.1, -0.05) is 48.9 Å². The number of ether oxygens (including phenoxy) is 1. The predicted molar refractivity (Wildman–Crippen MR) is 105 cm³/mol. The van der Waals surface area contributed by atoms with Crippen molar-refractivity contribution in [1.82, 2.24) is 14.8 Å². The van der Waals surface area contributed by atoms with Crippen LogP contribution in [0.1, 0.15) is 24.8 Å². The van der Waals surface area contributed by atoms with Crippen molar-refractivity contribution >= 4 is 29.2 Å². The van der Waals surface area contributed by atoms with Gasteiger partial charge in [-0.2, -0.15) is 5.10 Å². The summed E-state index contributed by atoms with van der Waals surface area (Å²) in [5.41, 5.74) is 1.89. The lowest BCUT2D eigenvalue weighted by Crippen LogP contribution is -2.24. The lowest BCUT2D eigenvalue weighted by Gasteiger charge is -2.15. The third-order valence-electron chi connectivity index (χ3n) is 4.14. The third kappa shape index (κ3) is 4.75. The van der Waals surface area contributed by atoms with Crippen molar-refractivity contribution in [3.05, 3.63) is 71.8 Å². The minimum atomic E-state index is -0.472. The van der Waals surface area contributed by atoms with Crippen molar-refractivity contribution in [2.75, 3.05) is 11.9 Å². The summed E-state index contributed by atoms with van der Waals surface area (Å²) in [4.78, 5) is 28.6. The van der Waals surface area contributed by atoms with Crippen LogP contribution in [0.2, 0.25) is 5.02 Å². The Kier molecular flexibility index (Phi) is 6.39. The molecule has 1 heterocycles. The first-order chi connectivity index (χ1) is 13.6. The number of anilines is 1. The largest absolute Gasteiger partial charge is 0.455 e. The number of esters is 1. The second-order valence-corrected chi connectivity index (χ2v) is 6.47. The normalized spacial score (nSPS) is 11.6. The van der Waals surface area contributed by atoms with Crippen LogP contribution < -0.4 is 5.32 Å². The van der Waals surface area contributed by atoms with Gasteiger partial charge in [0.15, 0.2) is 6.61 Å². The summed E-state index contributed by atoms with van der Waals surface area (Å²) in [6.45, 7) is 1.50. The van der Waals surface area contributed by atoms with E-state index in [2.05, 4.69) is 15.4 Å². The Labute approximate surface area is 167 Å². The first-order valence-corrected chi connectivity index (χ1v) is 9.12. The summed E-state index contributed by atoms with van der Waals surface area (Å²) in [6, 6.07) is 14.3. The molecule has 0 aliphatic heterocycles. The zero-order chi connectivity index (χ0) is 19.9. The van der Waals surface area contributed by atoms with Gasteiger partial charge in [-0.15, -0.1) is 0 Å². The maximum Gasteiger partial charge on any atom is 0.313 e. The van der Waals surface area contributed by atoms with Crippen molar-refractivity contribution in [1.29, 1.82) is 0 Å². The SMILES string of the molecule is CC[C@H](C(=O)OCC(=O)Nc1cc(Cl)ccc1-n1cncn1)c1ccccc1.